The molecule has 0 atom stereocenters. The zero-order chi connectivity index (χ0) is 10.6. The summed E-state index contributed by atoms with van der Waals surface area (Å²) in [5.41, 5.74) is 0. The van der Waals surface area contributed by atoms with Gasteiger partial charge in [-0.3, -0.25) is 0 Å². The SMILES string of the molecule is [Li+].[Li+].[Li+].[Li+].[S-]c1nnc([S-])s1.[S-]c1nnc([S-])s1. The number of hydrogen-bond donors (Lipinski definition) is 0. The van der Waals surface area contributed by atoms with Gasteiger partial charge in [-0.15, -0.1) is 0 Å². The van der Waals surface area contributed by atoms with E-state index in [-0.39, 0.29) is 75.4 Å². The smallest absolute Gasteiger partial charge is 0.406 e. The third kappa shape index (κ3) is 13.4. The first-order valence-corrected chi connectivity index (χ1v) is 6.19. The summed E-state index contributed by atoms with van der Waals surface area (Å²) in [7, 11) is 0. The maximum Gasteiger partial charge on any atom is 1.00 e. The van der Waals surface area contributed by atoms with Crippen molar-refractivity contribution in [3.05, 3.63) is 0 Å². The van der Waals surface area contributed by atoms with Crippen LogP contribution in [0, 0.1) is 0 Å². The van der Waals surface area contributed by atoms with Crippen LogP contribution in [0.1, 0.15) is 0 Å². The topological polar surface area (TPSA) is 51.6 Å². The van der Waals surface area contributed by atoms with Gasteiger partial charge in [0.1, 0.15) is 0 Å². The second-order valence-electron chi connectivity index (χ2n) is 1.67. The van der Waals surface area contributed by atoms with Crippen molar-refractivity contribution in [2.75, 3.05) is 0 Å². The summed E-state index contributed by atoms with van der Waals surface area (Å²) in [6.45, 7) is 0. The molecule has 0 radical (unpaired) electrons. The molecule has 0 aromatic carbocycles. The number of nitrogens with zero attached hydrogens (tertiary/aromatic N) is 4. The van der Waals surface area contributed by atoms with E-state index in [0.717, 1.165) is 0 Å². The van der Waals surface area contributed by atoms with Crippen LogP contribution in [0.4, 0.5) is 0 Å². The average molecular weight is 324 g/mol. The maximum atomic E-state index is 4.61. The van der Waals surface area contributed by atoms with Gasteiger partial charge in [0.15, 0.2) is 0 Å². The largest absolute Gasteiger partial charge is 1.00 e. The van der Waals surface area contributed by atoms with E-state index in [9.17, 15) is 0 Å². The molecule has 2 aromatic heterocycles. The van der Waals surface area contributed by atoms with Gasteiger partial charge in [-0.1, -0.05) is 0 Å². The van der Waals surface area contributed by atoms with Crippen molar-refractivity contribution < 1.29 is 75.4 Å². The van der Waals surface area contributed by atoms with E-state index in [0.29, 0.717) is 17.4 Å². The van der Waals surface area contributed by atoms with E-state index in [1.54, 1.807) is 0 Å². The molecule has 0 fully saturated rings. The third-order valence-electron chi connectivity index (χ3n) is 0.776. The molecule has 0 aliphatic carbocycles. The summed E-state index contributed by atoms with van der Waals surface area (Å²) < 4.78 is 2.07. The van der Waals surface area contributed by atoms with Crippen molar-refractivity contribution in [2.45, 2.75) is 17.4 Å². The number of aromatic nitrogens is 4. The molecule has 2 heterocycles. The Balaban J connectivity index is -0.0000000891. The summed E-state index contributed by atoms with van der Waals surface area (Å²) in [5.74, 6) is 0. The summed E-state index contributed by atoms with van der Waals surface area (Å²) >= 11 is 20.9. The van der Waals surface area contributed by atoms with Crippen molar-refractivity contribution >= 4 is 73.2 Å². The van der Waals surface area contributed by atoms with E-state index in [1.165, 1.54) is 22.7 Å². The molecule has 76 valence electrons. The van der Waals surface area contributed by atoms with Crippen molar-refractivity contribution in [1.82, 2.24) is 20.4 Å². The van der Waals surface area contributed by atoms with Gasteiger partial charge in [-0.05, 0) is 17.4 Å². The van der Waals surface area contributed by atoms with E-state index in [1.807, 2.05) is 0 Å². The van der Waals surface area contributed by atoms with Gasteiger partial charge in [-0.2, -0.15) is 20.4 Å². The van der Waals surface area contributed by atoms with Crippen molar-refractivity contribution in [3.63, 3.8) is 0 Å². The Kier molecular flexibility index (Phi) is 25.0. The molecule has 0 N–H and O–H groups in total. The van der Waals surface area contributed by atoms with Gasteiger partial charge in [0, 0.05) is 0 Å². The van der Waals surface area contributed by atoms with E-state index in [2.05, 4.69) is 70.9 Å². The summed E-state index contributed by atoms with van der Waals surface area (Å²) in [6.07, 6.45) is 0. The first kappa shape index (κ1) is 28.5. The molecular weight excluding hydrogens is 324 g/mol. The van der Waals surface area contributed by atoms with Crippen molar-refractivity contribution in [1.29, 1.82) is 0 Å². The minimum atomic E-state index is 0. The average Bonchev–Trinajstić information content (AvgIpc) is 2.63. The minimum Gasteiger partial charge on any atom is -0.406 e. The van der Waals surface area contributed by atoms with Crippen LogP contribution in [0.15, 0.2) is 17.4 Å². The van der Waals surface area contributed by atoms with Crippen LogP contribution in [0.3, 0.4) is 0 Å². The summed E-state index contributed by atoms with van der Waals surface area (Å²) in [4.78, 5) is 0. The molecular formula is C4Li4N4S6. The first-order chi connectivity index (χ1) is 6.58. The fraction of sp³-hybridized carbons (Fsp3) is 0. The molecule has 0 unspecified atom stereocenters. The molecule has 2 rings (SSSR count). The molecule has 18 heavy (non-hydrogen) atoms. The predicted molar refractivity (Wildman–Crippen MR) is 62.3 cm³/mol. The molecule has 2 aromatic rings. The Morgan fingerprint density at radius 2 is 0.667 bits per heavy atom. The predicted octanol–water partition coefficient (Wildman–Crippen LogP) is -11.3. The molecule has 0 spiro atoms. The molecule has 0 saturated heterocycles. The fourth-order valence-electron chi connectivity index (χ4n) is 0.394. The zero-order valence-corrected chi connectivity index (χ0v) is 15.1. The molecule has 0 saturated carbocycles. The van der Waals surface area contributed by atoms with Gasteiger partial charge in [-0.25, -0.2) is 0 Å². The Hall–Kier alpha value is 2.39. The van der Waals surface area contributed by atoms with Gasteiger partial charge in [0.25, 0.3) is 0 Å². The van der Waals surface area contributed by atoms with Gasteiger partial charge < -0.3 is 73.2 Å². The van der Waals surface area contributed by atoms with Crippen LogP contribution in [-0.4, -0.2) is 20.4 Å². The van der Waals surface area contributed by atoms with Gasteiger partial charge >= 0.3 is 75.4 Å². The Morgan fingerprint density at radius 1 is 0.500 bits per heavy atom. The van der Waals surface area contributed by atoms with Crippen LogP contribution in [0.25, 0.3) is 0 Å². The molecule has 0 amide bonds. The normalized spacial score (nSPS) is 7.11. The van der Waals surface area contributed by atoms with Crippen LogP contribution in [0.2, 0.25) is 0 Å². The number of hydrogen-bond acceptors (Lipinski definition) is 10. The molecule has 0 bridgehead atoms. The molecule has 4 nitrogen and oxygen atoms in total. The van der Waals surface area contributed by atoms with Crippen LogP contribution in [0.5, 0.6) is 0 Å². The minimum absolute atomic E-state index is 0. The second-order valence-corrected chi connectivity index (χ2v) is 6.20. The Bertz CT molecular complexity index is 338. The molecule has 0 aliphatic heterocycles. The van der Waals surface area contributed by atoms with Crippen LogP contribution < -0.4 is 75.4 Å². The van der Waals surface area contributed by atoms with Crippen LogP contribution >= 0.6 is 22.7 Å². The standard InChI is InChI=1S/2C2H2N2S3.4Li/c2*5-1-3-4-2(6)7-1;;;;/h2*(H,3,5)(H,4,6);;;;/q;;4*+1/p-4. The Labute approximate surface area is 183 Å². The third-order valence-corrected chi connectivity index (χ3v) is 3.13. The van der Waals surface area contributed by atoms with Gasteiger partial charge in [0.2, 0.25) is 0 Å². The van der Waals surface area contributed by atoms with Crippen LogP contribution in [-0.2, 0) is 50.5 Å². The summed E-state index contributed by atoms with van der Waals surface area (Å²) in [5, 5.41) is 14.0. The monoisotopic (exact) mass is 324 g/mol. The second kappa shape index (κ2) is 15.8. The first-order valence-electron chi connectivity index (χ1n) is 2.93. The maximum absolute atomic E-state index is 4.61. The van der Waals surface area contributed by atoms with Gasteiger partial charge in [0.05, 0.1) is 0 Å². The molecule has 14 heteroatoms. The van der Waals surface area contributed by atoms with E-state index < -0.39 is 0 Å². The number of rotatable bonds is 0. The fourth-order valence-corrected chi connectivity index (χ4v) is 2.45. The quantitative estimate of drug-likeness (QED) is 0.350. The van der Waals surface area contributed by atoms with E-state index >= 15 is 0 Å². The van der Waals surface area contributed by atoms with Crippen molar-refractivity contribution in [2.24, 2.45) is 0 Å². The van der Waals surface area contributed by atoms with Crippen molar-refractivity contribution in [3.8, 4) is 0 Å². The summed E-state index contributed by atoms with van der Waals surface area (Å²) in [6, 6.07) is 0. The zero-order valence-electron chi connectivity index (χ0n) is 10.2. The Morgan fingerprint density at radius 3 is 0.722 bits per heavy atom. The van der Waals surface area contributed by atoms with E-state index in [4.69, 9.17) is 0 Å². The molecule has 0 aliphatic rings.